The molecule has 5 heteroatoms. The smallest absolute Gasteiger partial charge is 0.154 e. The Morgan fingerprint density at radius 3 is 2.81 bits per heavy atom. The van der Waals surface area contributed by atoms with Crippen molar-refractivity contribution in [3.63, 3.8) is 0 Å². The second-order valence-corrected chi connectivity index (χ2v) is 6.91. The Hall–Kier alpha value is -2.37. The van der Waals surface area contributed by atoms with Gasteiger partial charge >= 0.3 is 0 Å². The summed E-state index contributed by atoms with van der Waals surface area (Å²) >= 11 is 0. The van der Waals surface area contributed by atoms with Gasteiger partial charge in [-0.2, -0.15) is 5.10 Å². The molecule has 136 valence electrons. The van der Waals surface area contributed by atoms with E-state index in [1.165, 1.54) is 6.42 Å². The first-order valence-electron chi connectivity index (χ1n) is 9.29. The zero-order chi connectivity index (χ0) is 17.8. The molecule has 0 amide bonds. The Morgan fingerprint density at radius 2 is 2.08 bits per heavy atom. The third-order valence-electron chi connectivity index (χ3n) is 4.79. The summed E-state index contributed by atoms with van der Waals surface area (Å²) in [6.45, 7) is 5.45. The molecule has 2 aromatic heterocycles. The van der Waals surface area contributed by atoms with Crippen LogP contribution in [0.5, 0.6) is 0 Å². The van der Waals surface area contributed by atoms with Gasteiger partial charge < -0.3 is 14.5 Å². The van der Waals surface area contributed by atoms with Crippen molar-refractivity contribution in [2.75, 3.05) is 19.8 Å². The van der Waals surface area contributed by atoms with E-state index in [1.54, 1.807) is 0 Å². The summed E-state index contributed by atoms with van der Waals surface area (Å²) in [5.74, 6) is 2.31. The van der Waals surface area contributed by atoms with Gasteiger partial charge in [0.1, 0.15) is 11.5 Å². The van der Waals surface area contributed by atoms with Gasteiger partial charge in [0.2, 0.25) is 0 Å². The lowest BCUT2D eigenvalue weighted by Crippen LogP contribution is -2.28. The summed E-state index contributed by atoms with van der Waals surface area (Å²) in [7, 11) is 0. The van der Waals surface area contributed by atoms with E-state index in [0.29, 0.717) is 5.92 Å². The molecule has 0 aliphatic carbocycles. The number of benzene rings is 1. The third kappa shape index (κ3) is 3.89. The minimum Gasteiger partial charge on any atom is -0.460 e. The van der Waals surface area contributed by atoms with E-state index in [9.17, 15) is 0 Å². The summed E-state index contributed by atoms with van der Waals surface area (Å²) in [5.41, 5.74) is 3.08. The van der Waals surface area contributed by atoms with Crippen LogP contribution in [0, 0.1) is 12.8 Å². The molecular formula is C21H25N3O2. The van der Waals surface area contributed by atoms with E-state index < -0.39 is 0 Å². The molecule has 0 saturated carbocycles. The maximum absolute atomic E-state index is 5.83. The predicted octanol–water partition coefficient (Wildman–Crippen LogP) is 3.96. The molecule has 0 radical (unpaired) electrons. The molecule has 0 spiro atoms. The topological polar surface area (TPSA) is 52.2 Å². The highest BCUT2D eigenvalue weighted by molar-refractivity contribution is 5.57. The summed E-state index contributed by atoms with van der Waals surface area (Å²) in [6.07, 6.45) is 4.49. The van der Waals surface area contributed by atoms with Crippen LogP contribution in [0.2, 0.25) is 0 Å². The normalized spacial score (nSPS) is 17.5. The van der Waals surface area contributed by atoms with Crippen molar-refractivity contribution >= 4 is 0 Å². The van der Waals surface area contributed by atoms with Crippen LogP contribution in [0.3, 0.4) is 0 Å². The van der Waals surface area contributed by atoms with Crippen LogP contribution in [-0.2, 0) is 11.3 Å². The Morgan fingerprint density at radius 1 is 1.19 bits per heavy atom. The van der Waals surface area contributed by atoms with Crippen molar-refractivity contribution in [1.29, 1.82) is 0 Å². The third-order valence-corrected chi connectivity index (χ3v) is 4.79. The Balaban J connectivity index is 1.54. The van der Waals surface area contributed by atoms with Gasteiger partial charge in [0.05, 0.1) is 12.3 Å². The fraction of sp³-hybridized carbons (Fsp3) is 0.381. The molecule has 3 aromatic rings. The molecule has 1 fully saturated rings. The number of nitrogens with zero attached hydrogens (tertiary/aromatic N) is 2. The lowest BCUT2D eigenvalue weighted by molar-refractivity contribution is 0.0547. The number of hydrogen-bond donors (Lipinski definition) is 1. The van der Waals surface area contributed by atoms with Gasteiger partial charge in [-0.1, -0.05) is 18.2 Å². The number of para-hydroxylation sites is 1. The SMILES string of the molecule is Cc1ccc(-c2nn(-c3ccccc3)cc2CNCC2CCCOC2)o1. The standard InChI is InChI=1S/C21H25N3O2/c1-16-9-10-20(26-16)21-18(13-22-12-17-6-5-11-25-15-17)14-24(23-21)19-7-3-2-4-8-19/h2-4,7-10,14,17,22H,5-6,11-13,15H2,1H3. The first-order valence-corrected chi connectivity index (χ1v) is 9.29. The Labute approximate surface area is 154 Å². The van der Waals surface area contributed by atoms with E-state index in [2.05, 4.69) is 23.6 Å². The fourth-order valence-corrected chi connectivity index (χ4v) is 3.40. The van der Waals surface area contributed by atoms with Gasteiger partial charge in [-0.25, -0.2) is 4.68 Å². The monoisotopic (exact) mass is 351 g/mol. The zero-order valence-corrected chi connectivity index (χ0v) is 15.1. The zero-order valence-electron chi connectivity index (χ0n) is 15.1. The van der Waals surface area contributed by atoms with Crippen LogP contribution in [-0.4, -0.2) is 29.5 Å². The second kappa shape index (κ2) is 7.89. The number of hydrogen-bond acceptors (Lipinski definition) is 4. The van der Waals surface area contributed by atoms with E-state index >= 15 is 0 Å². The van der Waals surface area contributed by atoms with Gasteiger partial charge in [0, 0.05) is 31.5 Å². The van der Waals surface area contributed by atoms with Gasteiger partial charge in [-0.3, -0.25) is 0 Å². The van der Waals surface area contributed by atoms with Gasteiger partial charge in [0.15, 0.2) is 5.76 Å². The average molecular weight is 351 g/mol. The van der Waals surface area contributed by atoms with E-state index in [1.807, 2.05) is 41.9 Å². The Bertz CT molecular complexity index is 832. The molecule has 1 aromatic carbocycles. The van der Waals surface area contributed by atoms with Gasteiger partial charge in [0.25, 0.3) is 0 Å². The number of rotatable bonds is 6. The number of nitrogens with one attached hydrogen (secondary N) is 1. The molecule has 1 N–H and O–H groups in total. The van der Waals surface area contributed by atoms with Crippen molar-refractivity contribution in [3.05, 3.63) is 60.0 Å². The molecule has 5 nitrogen and oxygen atoms in total. The highest BCUT2D eigenvalue weighted by Crippen LogP contribution is 2.25. The van der Waals surface area contributed by atoms with Crippen LogP contribution in [0.4, 0.5) is 0 Å². The van der Waals surface area contributed by atoms with Crippen molar-refractivity contribution in [3.8, 4) is 17.1 Å². The molecule has 1 aliphatic heterocycles. The minimum absolute atomic E-state index is 0.599. The van der Waals surface area contributed by atoms with E-state index in [0.717, 1.165) is 61.2 Å². The molecule has 1 unspecified atom stereocenters. The molecule has 1 aliphatic rings. The maximum atomic E-state index is 5.83. The highest BCUT2D eigenvalue weighted by atomic mass is 16.5. The second-order valence-electron chi connectivity index (χ2n) is 6.91. The van der Waals surface area contributed by atoms with Gasteiger partial charge in [-0.05, 0) is 49.9 Å². The molecular weight excluding hydrogens is 326 g/mol. The molecule has 1 atom stereocenters. The van der Waals surface area contributed by atoms with Crippen molar-refractivity contribution in [2.24, 2.45) is 5.92 Å². The predicted molar refractivity (Wildman–Crippen MR) is 101 cm³/mol. The molecule has 1 saturated heterocycles. The van der Waals surface area contributed by atoms with Crippen LogP contribution in [0.15, 0.2) is 53.1 Å². The van der Waals surface area contributed by atoms with Gasteiger partial charge in [-0.15, -0.1) is 0 Å². The summed E-state index contributed by atoms with van der Waals surface area (Å²) in [5, 5.41) is 8.37. The van der Waals surface area contributed by atoms with E-state index in [-0.39, 0.29) is 0 Å². The van der Waals surface area contributed by atoms with Crippen LogP contribution in [0.25, 0.3) is 17.1 Å². The Kier molecular flexibility index (Phi) is 5.18. The summed E-state index contributed by atoms with van der Waals surface area (Å²) in [6, 6.07) is 14.1. The maximum Gasteiger partial charge on any atom is 0.154 e. The molecule has 4 rings (SSSR count). The largest absolute Gasteiger partial charge is 0.460 e. The number of aromatic nitrogens is 2. The van der Waals surface area contributed by atoms with E-state index in [4.69, 9.17) is 14.3 Å². The fourth-order valence-electron chi connectivity index (χ4n) is 3.40. The lowest BCUT2D eigenvalue weighted by atomic mass is 10.0. The first-order chi connectivity index (χ1) is 12.8. The molecule has 26 heavy (non-hydrogen) atoms. The molecule has 3 heterocycles. The summed E-state index contributed by atoms with van der Waals surface area (Å²) < 4.78 is 13.3. The first kappa shape index (κ1) is 17.1. The highest BCUT2D eigenvalue weighted by Gasteiger charge is 2.17. The number of aryl methyl sites for hydroxylation is 1. The van der Waals surface area contributed by atoms with Crippen molar-refractivity contribution in [1.82, 2.24) is 15.1 Å². The number of ether oxygens (including phenoxy) is 1. The van der Waals surface area contributed by atoms with Crippen LogP contribution >= 0.6 is 0 Å². The quantitative estimate of drug-likeness (QED) is 0.730. The van der Waals surface area contributed by atoms with Crippen LogP contribution in [0.1, 0.15) is 24.2 Å². The van der Waals surface area contributed by atoms with Crippen molar-refractivity contribution < 1.29 is 9.15 Å². The number of furan rings is 1. The summed E-state index contributed by atoms with van der Waals surface area (Å²) in [4.78, 5) is 0. The lowest BCUT2D eigenvalue weighted by Gasteiger charge is -2.22. The minimum atomic E-state index is 0.599. The van der Waals surface area contributed by atoms with Crippen molar-refractivity contribution in [2.45, 2.75) is 26.3 Å². The molecule has 0 bridgehead atoms. The average Bonchev–Trinajstić information content (AvgIpc) is 3.30. The van der Waals surface area contributed by atoms with Crippen LogP contribution < -0.4 is 5.32 Å².